The van der Waals surface area contributed by atoms with E-state index in [-0.39, 0.29) is 5.91 Å². The van der Waals surface area contributed by atoms with E-state index in [4.69, 9.17) is 0 Å². The Balaban J connectivity index is 1.42. The second kappa shape index (κ2) is 8.21. The Morgan fingerprint density at radius 2 is 1.93 bits per heavy atom. The summed E-state index contributed by atoms with van der Waals surface area (Å²) in [5.74, 6) is 0.911. The van der Waals surface area contributed by atoms with E-state index in [1.807, 2.05) is 36.4 Å². The number of nitrogens with one attached hydrogen (secondary N) is 1. The van der Waals surface area contributed by atoms with Crippen molar-refractivity contribution in [2.45, 2.75) is 51.0 Å². The number of rotatable bonds is 3. The molecule has 1 aromatic rings. The van der Waals surface area contributed by atoms with Crippen LogP contribution in [-0.4, -0.2) is 36.6 Å². The summed E-state index contributed by atoms with van der Waals surface area (Å²) in [5.41, 5.74) is 3.69. The van der Waals surface area contributed by atoms with Gasteiger partial charge in [0, 0.05) is 30.3 Å². The van der Waals surface area contributed by atoms with Crippen molar-refractivity contribution >= 4 is 23.3 Å². The van der Waals surface area contributed by atoms with Crippen molar-refractivity contribution in [1.29, 1.82) is 0 Å². The van der Waals surface area contributed by atoms with E-state index < -0.39 is 6.09 Å². The molecule has 1 aliphatic heterocycles. The van der Waals surface area contributed by atoms with Crippen molar-refractivity contribution in [2.75, 3.05) is 19.0 Å². The largest absolute Gasteiger partial charge is 0.453 e. The molecule has 0 spiro atoms. The van der Waals surface area contributed by atoms with Gasteiger partial charge in [0.05, 0.1) is 7.11 Å². The van der Waals surface area contributed by atoms with Gasteiger partial charge in [-0.05, 0) is 54.9 Å². The Bertz CT molecular complexity index is 825. The van der Waals surface area contributed by atoms with Gasteiger partial charge < -0.3 is 9.64 Å². The number of fused-ring (bicyclic) bond motifs is 1. The molecule has 2 amide bonds. The second-order valence-corrected chi connectivity index (χ2v) is 8.01. The molecule has 2 fully saturated rings. The van der Waals surface area contributed by atoms with Gasteiger partial charge in [0.25, 0.3) is 0 Å². The number of methoxy groups -OCH3 is 1. The van der Waals surface area contributed by atoms with Gasteiger partial charge in [-0.3, -0.25) is 10.1 Å². The first-order chi connectivity index (χ1) is 13.7. The fourth-order valence-corrected chi connectivity index (χ4v) is 4.90. The normalized spacial score (nSPS) is 24.1. The summed E-state index contributed by atoms with van der Waals surface area (Å²) >= 11 is 0. The summed E-state index contributed by atoms with van der Waals surface area (Å²) < 4.78 is 4.65. The van der Waals surface area contributed by atoms with E-state index in [1.54, 1.807) is 0 Å². The zero-order valence-corrected chi connectivity index (χ0v) is 16.4. The minimum absolute atomic E-state index is 0.215. The topological polar surface area (TPSA) is 58.6 Å². The number of piperidine rings is 1. The molecule has 2 aliphatic carbocycles. The summed E-state index contributed by atoms with van der Waals surface area (Å²) in [5, 5.41) is 2.69. The number of allylic oxidation sites excluding steroid dienone is 3. The van der Waals surface area contributed by atoms with Crippen molar-refractivity contribution in [1.82, 2.24) is 4.90 Å². The predicted octanol–water partition coefficient (Wildman–Crippen LogP) is 4.76. The Labute approximate surface area is 166 Å². The number of hydrogen-bond acceptors (Lipinski definition) is 3. The van der Waals surface area contributed by atoms with Crippen LogP contribution in [0.3, 0.4) is 0 Å². The first-order valence-electron chi connectivity index (χ1n) is 10.3. The molecule has 0 radical (unpaired) electrons. The van der Waals surface area contributed by atoms with Gasteiger partial charge in [-0.2, -0.15) is 0 Å². The molecule has 0 bridgehead atoms. The number of benzene rings is 1. The maximum Gasteiger partial charge on any atom is 0.411 e. The predicted molar refractivity (Wildman–Crippen MR) is 110 cm³/mol. The lowest BCUT2D eigenvalue weighted by Crippen LogP contribution is -2.50. The quantitative estimate of drug-likeness (QED) is 0.822. The van der Waals surface area contributed by atoms with Crippen molar-refractivity contribution in [2.24, 2.45) is 5.92 Å². The van der Waals surface area contributed by atoms with Crippen LogP contribution in [0.25, 0.3) is 5.57 Å². The van der Waals surface area contributed by atoms with Crippen molar-refractivity contribution in [3.8, 4) is 0 Å². The van der Waals surface area contributed by atoms with Crippen molar-refractivity contribution in [3.05, 3.63) is 47.6 Å². The lowest BCUT2D eigenvalue weighted by Gasteiger charge is -2.44. The van der Waals surface area contributed by atoms with E-state index in [1.165, 1.54) is 32.8 Å². The van der Waals surface area contributed by atoms with Crippen LogP contribution >= 0.6 is 0 Å². The van der Waals surface area contributed by atoms with Crippen LogP contribution in [0.2, 0.25) is 0 Å². The van der Waals surface area contributed by atoms with E-state index in [2.05, 4.69) is 15.0 Å². The molecule has 1 saturated carbocycles. The highest BCUT2D eigenvalue weighted by atomic mass is 16.5. The minimum atomic E-state index is -0.487. The third-order valence-electron chi connectivity index (χ3n) is 6.31. The van der Waals surface area contributed by atoms with Crippen molar-refractivity contribution < 1.29 is 14.3 Å². The van der Waals surface area contributed by atoms with Crippen LogP contribution < -0.4 is 5.32 Å². The monoisotopic (exact) mass is 380 g/mol. The maximum atomic E-state index is 13.2. The van der Waals surface area contributed by atoms with Gasteiger partial charge in [-0.15, -0.1) is 0 Å². The number of likely N-dealkylation sites (tertiary alicyclic amines) is 1. The Hall–Kier alpha value is -2.56. The molecule has 1 heterocycles. The van der Waals surface area contributed by atoms with Crippen LogP contribution in [0.4, 0.5) is 10.5 Å². The third kappa shape index (κ3) is 3.84. The number of carbonyl (C=O) groups excluding carboxylic acids is 2. The molecular formula is C23H28N2O3. The van der Waals surface area contributed by atoms with Gasteiger partial charge in [0.15, 0.2) is 0 Å². The van der Waals surface area contributed by atoms with Crippen LogP contribution in [-0.2, 0) is 9.53 Å². The highest BCUT2D eigenvalue weighted by Gasteiger charge is 2.36. The fraction of sp³-hybridized carbons (Fsp3) is 0.478. The number of carbonyl (C=O) groups is 2. The molecule has 1 aromatic carbocycles. The first-order valence-corrected chi connectivity index (χ1v) is 10.3. The summed E-state index contributed by atoms with van der Waals surface area (Å²) in [7, 11) is 1.35. The number of ether oxygens (including phenoxy) is 1. The number of amides is 2. The average molecular weight is 380 g/mol. The SMILES string of the molecule is COC(=O)Nc1cccc(C2=CC=C(C(=O)N3CCCC4CCCCC43)C2)c1. The number of anilines is 1. The van der Waals surface area contributed by atoms with Crippen LogP contribution in [0, 0.1) is 5.92 Å². The molecular weight excluding hydrogens is 352 g/mol. The molecule has 28 heavy (non-hydrogen) atoms. The van der Waals surface area contributed by atoms with E-state index >= 15 is 0 Å². The van der Waals surface area contributed by atoms with Crippen LogP contribution in [0.1, 0.15) is 50.5 Å². The summed E-state index contributed by atoms with van der Waals surface area (Å²) in [6.45, 7) is 0.894. The minimum Gasteiger partial charge on any atom is -0.453 e. The zero-order chi connectivity index (χ0) is 19.5. The zero-order valence-electron chi connectivity index (χ0n) is 16.4. The lowest BCUT2D eigenvalue weighted by atomic mass is 9.78. The van der Waals surface area contributed by atoms with Gasteiger partial charge in [-0.1, -0.05) is 37.1 Å². The average Bonchev–Trinajstić information content (AvgIpc) is 3.23. The van der Waals surface area contributed by atoms with Crippen molar-refractivity contribution in [3.63, 3.8) is 0 Å². The Morgan fingerprint density at radius 3 is 2.79 bits per heavy atom. The second-order valence-electron chi connectivity index (χ2n) is 8.01. The molecule has 3 aliphatic rings. The van der Waals surface area contributed by atoms with Gasteiger partial charge in [-0.25, -0.2) is 4.79 Å². The molecule has 2 atom stereocenters. The summed E-state index contributed by atoms with van der Waals surface area (Å²) in [6, 6.07) is 8.09. The molecule has 1 saturated heterocycles. The van der Waals surface area contributed by atoms with Gasteiger partial charge in [0.1, 0.15) is 0 Å². The van der Waals surface area contributed by atoms with E-state index in [0.717, 1.165) is 36.1 Å². The molecule has 5 nitrogen and oxygen atoms in total. The third-order valence-corrected chi connectivity index (χ3v) is 6.31. The fourth-order valence-electron chi connectivity index (χ4n) is 4.90. The Morgan fingerprint density at radius 1 is 1.11 bits per heavy atom. The molecule has 2 unspecified atom stereocenters. The molecule has 1 N–H and O–H groups in total. The number of nitrogens with zero attached hydrogens (tertiary/aromatic N) is 1. The molecule has 0 aromatic heterocycles. The first kappa shape index (κ1) is 18.8. The van der Waals surface area contributed by atoms with Crippen LogP contribution in [0.5, 0.6) is 0 Å². The van der Waals surface area contributed by atoms with E-state index in [9.17, 15) is 9.59 Å². The number of hydrogen-bond donors (Lipinski definition) is 1. The highest BCUT2D eigenvalue weighted by Crippen LogP contribution is 2.37. The summed E-state index contributed by atoms with van der Waals surface area (Å²) in [4.78, 5) is 26.8. The summed E-state index contributed by atoms with van der Waals surface area (Å²) in [6.07, 6.45) is 11.6. The maximum absolute atomic E-state index is 13.2. The highest BCUT2D eigenvalue weighted by molar-refractivity contribution is 5.99. The Kier molecular flexibility index (Phi) is 5.51. The van der Waals surface area contributed by atoms with E-state index in [0.29, 0.717) is 24.1 Å². The van der Waals surface area contributed by atoms with Crippen LogP contribution in [0.15, 0.2) is 42.0 Å². The standard InChI is InChI=1S/C23H28N2O3/c1-28-23(27)24-20-9-4-7-17(15-20)18-11-12-19(14-18)22(26)25-13-5-8-16-6-2-3-10-21(16)25/h4,7,9,11-12,15-16,21H,2-3,5-6,8,10,13-14H2,1H3,(H,24,27). The molecule has 5 heteroatoms. The smallest absolute Gasteiger partial charge is 0.411 e. The molecule has 148 valence electrons. The lowest BCUT2D eigenvalue weighted by molar-refractivity contribution is -0.133. The molecule has 4 rings (SSSR count). The van der Waals surface area contributed by atoms with Gasteiger partial charge >= 0.3 is 6.09 Å². The van der Waals surface area contributed by atoms with Gasteiger partial charge in [0.2, 0.25) is 5.91 Å².